The maximum absolute atomic E-state index is 16.2. The number of piperidine rings is 1. The van der Waals surface area contributed by atoms with E-state index in [0.717, 1.165) is 6.07 Å². The number of sulfonamides is 2. The van der Waals surface area contributed by atoms with Gasteiger partial charge in [0.1, 0.15) is 16.5 Å². The molecule has 0 amide bonds. The van der Waals surface area contributed by atoms with E-state index in [2.05, 4.69) is 15.3 Å². The van der Waals surface area contributed by atoms with Crippen molar-refractivity contribution in [2.75, 3.05) is 60.6 Å². The molecule has 47 heavy (non-hydrogen) atoms. The van der Waals surface area contributed by atoms with E-state index in [1.165, 1.54) is 40.1 Å². The Morgan fingerprint density at radius 1 is 0.957 bits per heavy atom. The van der Waals surface area contributed by atoms with Crippen LogP contribution in [0.1, 0.15) is 12.8 Å². The maximum atomic E-state index is 16.2. The smallest absolute Gasteiger partial charge is 0.265 e. The Kier molecular flexibility index (Phi) is 9.39. The Balaban J connectivity index is 1.34. The number of hydrogen-bond donors (Lipinski definition) is 2. The van der Waals surface area contributed by atoms with Gasteiger partial charge in [-0.05, 0) is 49.2 Å². The van der Waals surface area contributed by atoms with Gasteiger partial charge in [-0.15, -0.1) is 0 Å². The van der Waals surface area contributed by atoms with Crippen LogP contribution in [0.25, 0.3) is 21.8 Å². The van der Waals surface area contributed by atoms with Crippen LogP contribution in [0.15, 0.2) is 53.6 Å². The van der Waals surface area contributed by atoms with Crippen LogP contribution in [0.5, 0.6) is 0 Å². The van der Waals surface area contributed by atoms with E-state index in [0.29, 0.717) is 86.0 Å². The first-order chi connectivity index (χ1) is 22.4. The summed E-state index contributed by atoms with van der Waals surface area (Å²) in [7, 11) is -7.99. The fourth-order valence-electron chi connectivity index (χ4n) is 5.30. The molecule has 6 rings (SSSR count). The molecule has 2 aromatic carbocycles. The van der Waals surface area contributed by atoms with E-state index in [-0.39, 0.29) is 17.3 Å². The molecule has 0 spiro atoms. The minimum absolute atomic E-state index is 0.0445. The summed E-state index contributed by atoms with van der Waals surface area (Å²) in [6, 6.07) is 7.58. The quantitative estimate of drug-likeness (QED) is 0.260. The van der Waals surface area contributed by atoms with Gasteiger partial charge in [0.25, 0.3) is 10.0 Å². The summed E-state index contributed by atoms with van der Waals surface area (Å²) >= 11 is 1.27. The summed E-state index contributed by atoms with van der Waals surface area (Å²) in [4.78, 5) is 15.3. The molecule has 0 atom stereocenters. The Morgan fingerprint density at radius 2 is 1.70 bits per heavy atom. The van der Waals surface area contributed by atoms with Gasteiger partial charge in [-0.25, -0.2) is 49.3 Å². The zero-order valence-corrected chi connectivity index (χ0v) is 27.4. The molecular formula is C29H30F3N7O5S3. The molecule has 2 saturated heterocycles. The van der Waals surface area contributed by atoms with Gasteiger partial charge in [-0.1, -0.05) is 17.4 Å². The monoisotopic (exact) mass is 709 g/mol. The second-order valence-corrected chi connectivity index (χ2v) is 15.6. The van der Waals surface area contributed by atoms with E-state index in [9.17, 15) is 25.6 Å². The molecule has 0 radical (unpaired) electrons. The lowest BCUT2D eigenvalue weighted by Gasteiger charge is -2.30. The Hall–Kier alpha value is -3.84. The fourth-order valence-corrected chi connectivity index (χ4v) is 8.43. The Bertz CT molecular complexity index is 2000. The molecule has 0 aliphatic carbocycles. The zero-order chi connectivity index (χ0) is 33.3. The lowest BCUT2D eigenvalue weighted by atomic mass is 10.1. The van der Waals surface area contributed by atoms with Gasteiger partial charge in [0.05, 0.1) is 41.4 Å². The third kappa shape index (κ3) is 7.35. The van der Waals surface area contributed by atoms with Gasteiger partial charge in [0, 0.05) is 44.0 Å². The van der Waals surface area contributed by atoms with Crippen molar-refractivity contribution < 1.29 is 34.7 Å². The number of rotatable bonds is 9. The van der Waals surface area contributed by atoms with Crippen molar-refractivity contribution >= 4 is 48.2 Å². The number of benzene rings is 2. The van der Waals surface area contributed by atoms with Gasteiger partial charge in [-0.3, -0.25) is 4.72 Å². The topological polar surface area (TPSA) is 147 Å². The van der Waals surface area contributed by atoms with Crippen LogP contribution in [-0.2, 0) is 24.8 Å². The molecule has 18 heteroatoms. The van der Waals surface area contributed by atoms with Crippen molar-refractivity contribution in [2.24, 2.45) is 0 Å². The van der Waals surface area contributed by atoms with Gasteiger partial charge in [-0.2, -0.15) is 0 Å². The molecule has 12 nitrogen and oxygen atoms in total. The Morgan fingerprint density at radius 3 is 2.43 bits per heavy atom. The summed E-state index contributed by atoms with van der Waals surface area (Å²) < 4.78 is 103. The predicted molar refractivity (Wildman–Crippen MR) is 172 cm³/mol. The van der Waals surface area contributed by atoms with Crippen LogP contribution in [0.2, 0.25) is 0 Å². The maximum Gasteiger partial charge on any atom is 0.265 e. The highest BCUT2D eigenvalue weighted by Gasteiger charge is 2.28. The second-order valence-electron chi connectivity index (χ2n) is 11.0. The first-order valence-corrected chi connectivity index (χ1v) is 18.7. The average Bonchev–Trinajstić information content (AvgIpc) is 3.49. The number of hydrogen-bond acceptors (Lipinski definition) is 11. The summed E-state index contributed by atoms with van der Waals surface area (Å²) in [6.07, 6.45) is 3.84. The predicted octanol–water partition coefficient (Wildman–Crippen LogP) is 4.16. The van der Waals surface area contributed by atoms with E-state index in [4.69, 9.17) is 9.72 Å². The molecule has 0 bridgehead atoms. The third-order valence-electron chi connectivity index (χ3n) is 7.72. The molecule has 2 aromatic heterocycles. The molecule has 250 valence electrons. The first kappa shape index (κ1) is 33.1. The summed E-state index contributed by atoms with van der Waals surface area (Å²) in [5.41, 5.74) is 0.0915. The van der Waals surface area contributed by atoms with Crippen molar-refractivity contribution in [1.29, 1.82) is 0 Å². The molecule has 0 unspecified atom stereocenters. The normalized spacial score (nSPS) is 16.7. The number of nitrogens with one attached hydrogen (secondary N) is 2. The van der Waals surface area contributed by atoms with Crippen LogP contribution in [0.4, 0.5) is 29.9 Å². The molecule has 4 aromatic rings. The third-order valence-corrected chi connectivity index (χ3v) is 11.5. The van der Waals surface area contributed by atoms with Crippen LogP contribution in [-0.4, -0.2) is 87.8 Å². The van der Waals surface area contributed by atoms with E-state index >= 15 is 4.39 Å². The highest BCUT2D eigenvalue weighted by Crippen LogP contribution is 2.42. The van der Waals surface area contributed by atoms with E-state index in [1.54, 1.807) is 12.3 Å². The summed E-state index contributed by atoms with van der Waals surface area (Å²) in [6.45, 7) is 2.79. The standard InChI is InChI=1S/C29H30F3N7O5S3/c1-46(40,41)39-11-8-19(9-12-39)34-28-33-10-7-23(35-28)27-26(36-29(45-27)38-13-15-44-16-14-38)20-3-2-4-22(25(20)32)37-47(42,43)24-17-18(30)5-6-21(24)31/h2-7,10,17,19,37H,8-9,11-16H2,1H3,(H,33,34,35). The highest BCUT2D eigenvalue weighted by atomic mass is 32.2. The molecule has 4 heterocycles. The van der Waals surface area contributed by atoms with Gasteiger partial charge < -0.3 is 15.0 Å². The Labute approximate surface area is 273 Å². The largest absolute Gasteiger partial charge is 0.378 e. The molecule has 2 aliphatic rings. The van der Waals surface area contributed by atoms with Gasteiger partial charge in [0.15, 0.2) is 10.9 Å². The first-order valence-electron chi connectivity index (χ1n) is 14.5. The van der Waals surface area contributed by atoms with Gasteiger partial charge in [0.2, 0.25) is 16.0 Å². The summed E-state index contributed by atoms with van der Waals surface area (Å²) in [5, 5.41) is 3.84. The van der Waals surface area contributed by atoms with E-state index in [1.807, 2.05) is 9.62 Å². The minimum atomic E-state index is -4.70. The fraction of sp³-hybridized carbons (Fsp3) is 0.345. The van der Waals surface area contributed by atoms with Crippen LogP contribution in [0, 0.1) is 17.5 Å². The number of thiazole rings is 1. The van der Waals surface area contributed by atoms with Crippen molar-refractivity contribution in [3.8, 4) is 21.8 Å². The van der Waals surface area contributed by atoms with Crippen LogP contribution >= 0.6 is 11.3 Å². The SMILES string of the molecule is CS(=O)(=O)N1CCC(Nc2nccc(-c3sc(N4CCOCC4)nc3-c3cccc(NS(=O)(=O)c4cc(F)ccc4F)c3F)n2)CC1. The van der Waals surface area contributed by atoms with Crippen molar-refractivity contribution in [1.82, 2.24) is 19.3 Å². The molecule has 2 N–H and O–H groups in total. The van der Waals surface area contributed by atoms with E-state index < -0.39 is 48.1 Å². The number of morpholine rings is 1. The lowest BCUT2D eigenvalue weighted by Crippen LogP contribution is -2.42. The number of anilines is 3. The number of nitrogens with zero attached hydrogens (tertiary/aromatic N) is 5. The molecule has 0 saturated carbocycles. The second kappa shape index (κ2) is 13.3. The highest BCUT2D eigenvalue weighted by molar-refractivity contribution is 7.92. The van der Waals surface area contributed by atoms with Crippen LogP contribution < -0.4 is 14.9 Å². The van der Waals surface area contributed by atoms with Crippen molar-refractivity contribution in [3.63, 3.8) is 0 Å². The summed E-state index contributed by atoms with van der Waals surface area (Å²) in [5.74, 6) is -2.84. The molecular weight excluding hydrogens is 680 g/mol. The lowest BCUT2D eigenvalue weighted by molar-refractivity contribution is 0.122. The zero-order valence-electron chi connectivity index (χ0n) is 25.0. The molecule has 2 fully saturated rings. The molecule has 2 aliphatic heterocycles. The average molecular weight is 710 g/mol. The van der Waals surface area contributed by atoms with Crippen LogP contribution in [0.3, 0.4) is 0 Å². The number of aromatic nitrogens is 3. The number of halogens is 3. The van der Waals surface area contributed by atoms with Gasteiger partial charge >= 0.3 is 0 Å². The minimum Gasteiger partial charge on any atom is -0.378 e. The van der Waals surface area contributed by atoms with Crippen molar-refractivity contribution in [2.45, 2.75) is 23.8 Å². The number of ether oxygens (including phenoxy) is 1. The van der Waals surface area contributed by atoms with Crippen molar-refractivity contribution in [3.05, 3.63) is 66.1 Å².